The summed E-state index contributed by atoms with van der Waals surface area (Å²) < 4.78 is 11.3. The van der Waals surface area contributed by atoms with Crippen molar-refractivity contribution >= 4 is 11.8 Å². The predicted octanol–water partition coefficient (Wildman–Crippen LogP) is 3.90. The Hall–Kier alpha value is -1.09. The Morgan fingerprint density at radius 1 is 1.47 bits per heavy atom. The molecule has 1 aromatic carbocycles. The van der Waals surface area contributed by atoms with Crippen molar-refractivity contribution in [2.45, 2.75) is 31.3 Å². The van der Waals surface area contributed by atoms with Crippen LogP contribution in [0.4, 0.5) is 0 Å². The monoisotopic (exact) mass is 250 g/mol. The lowest BCUT2D eigenvalue weighted by Crippen LogP contribution is -2.35. The second-order valence-corrected chi connectivity index (χ2v) is 5.75. The maximum atomic E-state index is 6.08. The minimum absolute atomic E-state index is 0.203. The number of rotatable bonds is 2. The van der Waals surface area contributed by atoms with E-state index in [0.29, 0.717) is 0 Å². The molecule has 0 radical (unpaired) electrons. The van der Waals surface area contributed by atoms with Gasteiger partial charge in [0, 0.05) is 5.75 Å². The number of methoxy groups -OCH3 is 1. The summed E-state index contributed by atoms with van der Waals surface area (Å²) in [6.07, 6.45) is 2.19. The van der Waals surface area contributed by atoms with E-state index in [4.69, 9.17) is 9.47 Å². The summed E-state index contributed by atoms with van der Waals surface area (Å²) in [5.41, 5.74) is 1.08. The molecule has 1 aliphatic heterocycles. The molecule has 0 spiro atoms. The number of thioether (sulfide) groups is 1. The highest BCUT2D eigenvalue weighted by atomic mass is 32.2. The van der Waals surface area contributed by atoms with Crippen LogP contribution in [0.1, 0.15) is 20.8 Å². The van der Waals surface area contributed by atoms with Gasteiger partial charge in [0.25, 0.3) is 0 Å². The van der Waals surface area contributed by atoms with Crippen molar-refractivity contribution in [1.29, 1.82) is 0 Å². The van der Waals surface area contributed by atoms with Gasteiger partial charge in [-0.2, -0.15) is 0 Å². The molecular weight excluding hydrogens is 232 g/mol. The third-order valence-corrected chi connectivity index (χ3v) is 3.95. The molecule has 1 unspecified atom stereocenters. The molecule has 0 fully saturated rings. The Bertz CT molecular complexity index is 450. The summed E-state index contributed by atoms with van der Waals surface area (Å²) in [4.78, 5) is 1.16. The molecule has 0 bridgehead atoms. The Morgan fingerprint density at radius 2 is 2.24 bits per heavy atom. The van der Waals surface area contributed by atoms with E-state index >= 15 is 0 Å². The van der Waals surface area contributed by atoms with Crippen LogP contribution in [-0.4, -0.2) is 18.5 Å². The van der Waals surface area contributed by atoms with Gasteiger partial charge in [-0.15, -0.1) is 11.8 Å². The van der Waals surface area contributed by atoms with Crippen molar-refractivity contribution in [2.24, 2.45) is 0 Å². The second kappa shape index (κ2) is 4.65. The first kappa shape index (κ1) is 12.4. The van der Waals surface area contributed by atoms with Gasteiger partial charge in [-0.25, -0.2) is 0 Å². The molecule has 0 N–H and O–H groups in total. The van der Waals surface area contributed by atoms with E-state index in [9.17, 15) is 0 Å². The Labute approximate surface area is 107 Å². The van der Waals surface area contributed by atoms with Crippen molar-refractivity contribution in [1.82, 2.24) is 0 Å². The molecule has 0 aliphatic carbocycles. The fourth-order valence-corrected chi connectivity index (χ4v) is 3.03. The summed E-state index contributed by atoms with van der Waals surface area (Å²) in [6.45, 7) is 6.33. The normalized spacial score (nSPS) is 22.4. The van der Waals surface area contributed by atoms with Crippen LogP contribution in [0.25, 0.3) is 0 Å². The third kappa shape index (κ3) is 2.78. The Morgan fingerprint density at radius 3 is 2.88 bits per heavy atom. The molecule has 1 atom stereocenters. The Kier molecular flexibility index (Phi) is 3.38. The second-order valence-electron chi connectivity index (χ2n) is 4.74. The van der Waals surface area contributed by atoms with Gasteiger partial charge in [-0.3, -0.25) is 0 Å². The molecule has 1 aliphatic rings. The quantitative estimate of drug-likeness (QED) is 0.742. The van der Waals surface area contributed by atoms with Crippen molar-refractivity contribution in [3.63, 3.8) is 0 Å². The molecule has 0 amide bonds. The highest BCUT2D eigenvalue weighted by Gasteiger charge is 2.30. The number of ether oxygens (including phenoxy) is 2. The molecule has 17 heavy (non-hydrogen) atoms. The van der Waals surface area contributed by atoms with E-state index in [0.717, 1.165) is 22.1 Å². The van der Waals surface area contributed by atoms with E-state index in [-0.39, 0.29) is 5.60 Å². The zero-order valence-corrected chi connectivity index (χ0v) is 11.6. The molecule has 0 aromatic heterocycles. The van der Waals surface area contributed by atoms with Crippen molar-refractivity contribution in [3.05, 3.63) is 29.8 Å². The van der Waals surface area contributed by atoms with Crippen molar-refractivity contribution in [2.75, 3.05) is 12.9 Å². The number of benzene rings is 1. The SMILES string of the molecule is COc1ccc2c(c1)SCC(C)(C=C(C)C)O2. The summed E-state index contributed by atoms with van der Waals surface area (Å²) in [7, 11) is 1.68. The Balaban J connectivity index is 2.28. The van der Waals surface area contributed by atoms with Gasteiger partial charge in [-0.05, 0) is 45.0 Å². The van der Waals surface area contributed by atoms with Crippen LogP contribution in [0.3, 0.4) is 0 Å². The van der Waals surface area contributed by atoms with Gasteiger partial charge in [-0.1, -0.05) is 5.57 Å². The van der Waals surface area contributed by atoms with Gasteiger partial charge < -0.3 is 9.47 Å². The highest BCUT2D eigenvalue weighted by Crippen LogP contribution is 2.41. The molecule has 3 heteroatoms. The molecule has 92 valence electrons. The van der Waals surface area contributed by atoms with Crippen molar-refractivity contribution in [3.8, 4) is 11.5 Å². The van der Waals surface area contributed by atoms with Gasteiger partial charge in [0.1, 0.15) is 17.1 Å². The van der Waals surface area contributed by atoms with Crippen LogP contribution in [0.15, 0.2) is 34.7 Å². The van der Waals surface area contributed by atoms with Gasteiger partial charge in [0.15, 0.2) is 0 Å². The molecule has 0 saturated heterocycles. The number of hydrogen-bond donors (Lipinski definition) is 0. The van der Waals surface area contributed by atoms with Crippen LogP contribution in [0.5, 0.6) is 11.5 Å². The highest BCUT2D eigenvalue weighted by molar-refractivity contribution is 7.99. The van der Waals surface area contributed by atoms with Crippen LogP contribution < -0.4 is 9.47 Å². The van der Waals surface area contributed by atoms with Gasteiger partial charge in [0.2, 0.25) is 0 Å². The lowest BCUT2D eigenvalue weighted by molar-refractivity contribution is 0.156. The van der Waals surface area contributed by atoms with E-state index < -0.39 is 0 Å². The minimum Gasteiger partial charge on any atom is -0.497 e. The van der Waals surface area contributed by atoms with Crippen LogP contribution in [0.2, 0.25) is 0 Å². The minimum atomic E-state index is -0.203. The lowest BCUT2D eigenvalue weighted by Gasteiger charge is -2.33. The molecule has 1 aromatic rings. The molecule has 1 heterocycles. The van der Waals surface area contributed by atoms with E-state index in [1.807, 2.05) is 30.0 Å². The fourth-order valence-electron chi connectivity index (χ4n) is 2.00. The smallest absolute Gasteiger partial charge is 0.134 e. The van der Waals surface area contributed by atoms with Gasteiger partial charge >= 0.3 is 0 Å². The first-order valence-electron chi connectivity index (χ1n) is 5.68. The van der Waals surface area contributed by atoms with E-state index in [1.54, 1.807) is 7.11 Å². The standard InChI is InChI=1S/C14H18O2S/c1-10(2)8-14(3)9-17-13-7-11(15-4)5-6-12(13)16-14/h5-8H,9H2,1-4H3. The van der Waals surface area contributed by atoms with Crippen LogP contribution >= 0.6 is 11.8 Å². The van der Waals surface area contributed by atoms with E-state index in [1.165, 1.54) is 5.57 Å². The molecular formula is C14H18O2S. The zero-order valence-electron chi connectivity index (χ0n) is 10.7. The average molecular weight is 250 g/mol. The number of fused-ring (bicyclic) bond motifs is 1. The van der Waals surface area contributed by atoms with Gasteiger partial charge in [0.05, 0.1) is 12.0 Å². The van der Waals surface area contributed by atoms with E-state index in [2.05, 4.69) is 26.8 Å². The fraction of sp³-hybridized carbons (Fsp3) is 0.429. The average Bonchev–Trinajstić information content (AvgIpc) is 2.27. The lowest BCUT2D eigenvalue weighted by atomic mass is 10.1. The summed E-state index contributed by atoms with van der Waals surface area (Å²) in [5, 5.41) is 0. The first-order valence-corrected chi connectivity index (χ1v) is 6.67. The summed E-state index contributed by atoms with van der Waals surface area (Å²) in [5.74, 6) is 2.76. The number of hydrogen-bond acceptors (Lipinski definition) is 3. The topological polar surface area (TPSA) is 18.5 Å². The maximum Gasteiger partial charge on any atom is 0.134 e. The summed E-state index contributed by atoms with van der Waals surface area (Å²) >= 11 is 1.82. The summed E-state index contributed by atoms with van der Waals surface area (Å²) in [6, 6.07) is 5.95. The molecule has 2 rings (SSSR count). The van der Waals surface area contributed by atoms with Crippen LogP contribution in [0, 0.1) is 0 Å². The third-order valence-electron chi connectivity index (χ3n) is 2.60. The molecule has 0 saturated carbocycles. The van der Waals surface area contributed by atoms with Crippen LogP contribution in [-0.2, 0) is 0 Å². The first-order chi connectivity index (χ1) is 8.02. The predicted molar refractivity (Wildman–Crippen MR) is 72.2 cm³/mol. The van der Waals surface area contributed by atoms with Crippen molar-refractivity contribution < 1.29 is 9.47 Å². The largest absolute Gasteiger partial charge is 0.497 e. The zero-order chi connectivity index (χ0) is 12.5. The maximum absolute atomic E-state index is 6.08. The molecule has 2 nitrogen and oxygen atoms in total. The number of allylic oxidation sites excluding steroid dienone is 1.